The average molecular weight is 358 g/mol. The predicted molar refractivity (Wildman–Crippen MR) is 92.8 cm³/mol. The van der Waals surface area contributed by atoms with Crippen molar-refractivity contribution in [3.8, 4) is 0 Å². The lowest BCUT2D eigenvalue weighted by atomic mass is 10.1. The molecule has 0 aliphatic carbocycles. The monoisotopic (exact) mass is 357 g/mol. The zero-order chi connectivity index (χ0) is 15.3. The molecule has 0 saturated heterocycles. The van der Waals surface area contributed by atoms with E-state index in [9.17, 15) is 5.11 Å². The smallest absolute Gasteiger partial charge is 0.0945 e. The SMILES string of the molecule is CCCCCCCCOCC(O)CNc1ccc(Br)cc1. The highest BCUT2D eigenvalue weighted by molar-refractivity contribution is 9.10. The molecule has 1 aromatic carbocycles. The molecule has 0 aliphatic heterocycles. The van der Waals surface area contributed by atoms with Gasteiger partial charge in [0.25, 0.3) is 0 Å². The van der Waals surface area contributed by atoms with Gasteiger partial charge in [0.15, 0.2) is 0 Å². The Balaban J connectivity index is 1.96. The van der Waals surface area contributed by atoms with E-state index in [4.69, 9.17) is 4.74 Å². The van der Waals surface area contributed by atoms with Crippen LogP contribution < -0.4 is 5.32 Å². The molecule has 1 rings (SSSR count). The molecule has 0 saturated carbocycles. The number of ether oxygens (including phenoxy) is 1. The Morgan fingerprint density at radius 2 is 1.76 bits per heavy atom. The fourth-order valence-electron chi connectivity index (χ4n) is 2.07. The highest BCUT2D eigenvalue weighted by Crippen LogP contribution is 2.14. The van der Waals surface area contributed by atoms with Gasteiger partial charge in [0.05, 0.1) is 12.7 Å². The van der Waals surface area contributed by atoms with Gasteiger partial charge in [-0.25, -0.2) is 0 Å². The topological polar surface area (TPSA) is 41.5 Å². The molecular weight excluding hydrogens is 330 g/mol. The Labute approximate surface area is 137 Å². The van der Waals surface area contributed by atoms with E-state index < -0.39 is 6.10 Å². The third kappa shape index (κ3) is 9.88. The van der Waals surface area contributed by atoms with Gasteiger partial charge in [-0.2, -0.15) is 0 Å². The van der Waals surface area contributed by atoms with Crippen molar-refractivity contribution in [1.29, 1.82) is 0 Å². The van der Waals surface area contributed by atoms with Crippen molar-refractivity contribution in [2.75, 3.05) is 25.1 Å². The maximum atomic E-state index is 9.84. The first kappa shape index (κ1) is 18.5. The van der Waals surface area contributed by atoms with Crippen molar-refractivity contribution < 1.29 is 9.84 Å². The van der Waals surface area contributed by atoms with Crippen LogP contribution in [0.4, 0.5) is 5.69 Å². The molecule has 21 heavy (non-hydrogen) atoms. The van der Waals surface area contributed by atoms with E-state index in [0.29, 0.717) is 13.2 Å². The molecule has 0 heterocycles. The fraction of sp³-hybridized carbons (Fsp3) is 0.647. The second-order valence-electron chi connectivity index (χ2n) is 5.38. The largest absolute Gasteiger partial charge is 0.389 e. The van der Waals surface area contributed by atoms with Gasteiger partial charge in [0, 0.05) is 23.3 Å². The standard InChI is InChI=1S/C17H28BrNO2/c1-2-3-4-5-6-7-12-21-14-17(20)13-19-16-10-8-15(18)9-11-16/h8-11,17,19-20H,2-7,12-14H2,1H3. The van der Waals surface area contributed by atoms with Gasteiger partial charge in [0.2, 0.25) is 0 Å². The maximum Gasteiger partial charge on any atom is 0.0945 e. The number of anilines is 1. The zero-order valence-electron chi connectivity index (χ0n) is 13.0. The first-order valence-electron chi connectivity index (χ1n) is 7.97. The minimum atomic E-state index is -0.464. The first-order chi connectivity index (χ1) is 10.2. The summed E-state index contributed by atoms with van der Waals surface area (Å²) in [5, 5.41) is 13.0. The Hall–Kier alpha value is -0.580. The summed E-state index contributed by atoms with van der Waals surface area (Å²) in [7, 11) is 0. The normalized spacial score (nSPS) is 12.3. The molecule has 0 aromatic heterocycles. The summed E-state index contributed by atoms with van der Waals surface area (Å²) in [5.74, 6) is 0. The van der Waals surface area contributed by atoms with Crippen molar-refractivity contribution in [2.45, 2.75) is 51.6 Å². The third-order valence-corrected chi connectivity index (χ3v) is 3.87. The van der Waals surface area contributed by atoms with E-state index in [1.54, 1.807) is 0 Å². The molecule has 1 aromatic rings. The molecule has 3 nitrogen and oxygen atoms in total. The van der Waals surface area contributed by atoms with Crippen molar-refractivity contribution in [2.24, 2.45) is 0 Å². The van der Waals surface area contributed by atoms with Crippen LogP contribution in [0.25, 0.3) is 0 Å². The predicted octanol–water partition coefficient (Wildman–Crippen LogP) is 4.60. The van der Waals surface area contributed by atoms with E-state index in [2.05, 4.69) is 28.2 Å². The highest BCUT2D eigenvalue weighted by atomic mass is 79.9. The number of unbranched alkanes of at least 4 members (excludes halogenated alkanes) is 5. The summed E-state index contributed by atoms with van der Waals surface area (Å²) in [6.45, 7) is 3.89. The lowest BCUT2D eigenvalue weighted by Gasteiger charge is -2.13. The summed E-state index contributed by atoms with van der Waals surface area (Å²) in [6.07, 6.45) is 7.11. The summed E-state index contributed by atoms with van der Waals surface area (Å²) in [5.41, 5.74) is 1.01. The molecule has 120 valence electrons. The number of hydrogen-bond acceptors (Lipinski definition) is 3. The number of aliphatic hydroxyl groups is 1. The van der Waals surface area contributed by atoms with Crippen LogP contribution in [0.1, 0.15) is 45.4 Å². The van der Waals surface area contributed by atoms with Gasteiger partial charge in [0.1, 0.15) is 0 Å². The van der Waals surface area contributed by atoms with E-state index >= 15 is 0 Å². The van der Waals surface area contributed by atoms with Crippen LogP contribution >= 0.6 is 15.9 Å². The molecule has 1 atom stereocenters. The molecule has 1 unspecified atom stereocenters. The highest BCUT2D eigenvalue weighted by Gasteiger charge is 2.04. The summed E-state index contributed by atoms with van der Waals surface area (Å²) in [4.78, 5) is 0. The van der Waals surface area contributed by atoms with E-state index in [0.717, 1.165) is 23.2 Å². The van der Waals surface area contributed by atoms with Crippen molar-refractivity contribution in [3.63, 3.8) is 0 Å². The van der Waals surface area contributed by atoms with Gasteiger partial charge in [-0.3, -0.25) is 0 Å². The molecule has 0 bridgehead atoms. The van der Waals surface area contributed by atoms with Gasteiger partial charge in [-0.05, 0) is 30.7 Å². The van der Waals surface area contributed by atoms with Gasteiger partial charge < -0.3 is 15.2 Å². The first-order valence-corrected chi connectivity index (χ1v) is 8.77. The van der Waals surface area contributed by atoms with Gasteiger partial charge in [-0.1, -0.05) is 55.0 Å². The number of hydrogen-bond donors (Lipinski definition) is 2. The fourth-order valence-corrected chi connectivity index (χ4v) is 2.33. The second kappa shape index (κ2) is 12.0. The summed E-state index contributed by atoms with van der Waals surface area (Å²) >= 11 is 3.40. The van der Waals surface area contributed by atoms with Crippen LogP contribution in [0.2, 0.25) is 0 Å². The number of aliphatic hydroxyl groups excluding tert-OH is 1. The molecular formula is C17H28BrNO2. The Bertz CT molecular complexity index is 356. The number of benzene rings is 1. The summed E-state index contributed by atoms with van der Waals surface area (Å²) in [6, 6.07) is 7.91. The molecule has 0 fully saturated rings. The van der Waals surface area contributed by atoms with Crippen LogP contribution in [0.15, 0.2) is 28.7 Å². The Morgan fingerprint density at radius 1 is 1.10 bits per heavy atom. The average Bonchev–Trinajstić information content (AvgIpc) is 2.49. The minimum absolute atomic E-state index is 0.401. The van der Waals surface area contributed by atoms with Gasteiger partial charge >= 0.3 is 0 Å². The van der Waals surface area contributed by atoms with Gasteiger partial charge in [-0.15, -0.1) is 0 Å². The number of halogens is 1. The van der Waals surface area contributed by atoms with Crippen LogP contribution in [-0.2, 0) is 4.74 Å². The summed E-state index contributed by atoms with van der Waals surface area (Å²) < 4.78 is 6.56. The maximum absolute atomic E-state index is 9.84. The minimum Gasteiger partial charge on any atom is -0.389 e. The number of nitrogens with one attached hydrogen (secondary N) is 1. The molecule has 0 aliphatic rings. The van der Waals surface area contributed by atoms with Crippen LogP contribution in [0.3, 0.4) is 0 Å². The lowest BCUT2D eigenvalue weighted by Crippen LogP contribution is -2.25. The van der Waals surface area contributed by atoms with E-state index in [-0.39, 0.29) is 0 Å². The van der Waals surface area contributed by atoms with Crippen LogP contribution in [-0.4, -0.2) is 31.0 Å². The Kier molecular flexibility index (Phi) is 10.6. The van der Waals surface area contributed by atoms with Crippen LogP contribution in [0, 0.1) is 0 Å². The van der Waals surface area contributed by atoms with Crippen molar-refractivity contribution in [3.05, 3.63) is 28.7 Å². The van der Waals surface area contributed by atoms with Crippen molar-refractivity contribution in [1.82, 2.24) is 0 Å². The number of rotatable bonds is 12. The molecule has 0 spiro atoms. The molecule has 0 radical (unpaired) electrons. The van der Waals surface area contributed by atoms with Crippen LogP contribution in [0.5, 0.6) is 0 Å². The van der Waals surface area contributed by atoms with E-state index in [1.807, 2.05) is 24.3 Å². The zero-order valence-corrected chi connectivity index (χ0v) is 14.6. The van der Waals surface area contributed by atoms with E-state index in [1.165, 1.54) is 32.1 Å². The van der Waals surface area contributed by atoms with Crippen molar-refractivity contribution >= 4 is 21.6 Å². The lowest BCUT2D eigenvalue weighted by molar-refractivity contribution is 0.0416. The molecule has 0 amide bonds. The Morgan fingerprint density at radius 3 is 2.48 bits per heavy atom. The molecule has 2 N–H and O–H groups in total. The third-order valence-electron chi connectivity index (χ3n) is 3.34. The quantitative estimate of drug-likeness (QED) is 0.537. The molecule has 4 heteroatoms. The second-order valence-corrected chi connectivity index (χ2v) is 6.30.